The molecule has 2 aliphatic carbocycles. The quantitative estimate of drug-likeness (QED) is 0.799. The highest BCUT2D eigenvalue weighted by Crippen LogP contribution is 2.39. The molecule has 0 heterocycles. The Hall–Kier alpha value is -1.08. The molecule has 2 atom stereocenters. The third kappa shape index (κ3) is 3.61. The number of halogens is 3. The summed E-state index contributed by atoms with van der Waals surface area (Å²) in [6.07, 6.45) is 0.795. The Morgan fingerprint density at radius 3 is 2.29 bits per heavy atom. The van der Waals surface area contributed by atoms with Crippen LogP contribution in [0.3, 0.4) is 0 Å². The molecule has 3 nitrogen and oxygen atoms in total. The van der Waals surface area contributed by atoms with E-state index in [4.69, 9.17) is 4.74 Å². The molecule has 2 aliphatic rings. The van der Waals surface area contributed by atoms with Crippen LogP contribution in [0.25, 0.3) is 0 Å². The average Bonchev–Trinajstić information content (AvgIpc) is 3.19. The van der Waals surface area contributed by atoms with Crippen molar-refractivity contribution >= 4 is 9.84 Å². The van der Waals surface area contributed by atoms with Gasteiger partial charge in [0.2, 0.25) is 0 Å². The van der Waals surface area contributed by atoms with Crippen LogP contribution in [-0.4, -0.2) is 25.9 Å². The monoisotopic (exact) mass is 362 g/mol. The topological polar surface area (TPSA) is 43.4 Å². The summed E-state index contributed by atoms with van der Waals surface area (Å²) in [6.45, 7) is 0. The number of sulfone groups is 1. The third-order valence-electron chi connectivity index (χ3n) is 4.96. The van der Waals surface area contributed by atoms with E-state index in [1.165, 1.54) is 12.1 Å². The molecule has 0 aliphatic heterocycles. The van der Waals surface area contributed by atoms with Gasteiger partial charge in [0.15, 0.2) is 9.84 Å². The fraction of sp³-hybridized carbons (Fsp3) is 0.647. The Labute approximate surface area is 140 Å². The summed E-state index contributed by atoms with van der Waals surface area (Å²) in [5, 5.41) is -0.799. The minimum atomic E-state index is -4.68. The van der Waals surface area contributed by atoms with Gasteiger partial charge in [-0.2, -0.15) is 13.2 Å². The van der Waals surface area contributed by atoms with Crippen LogP contribution in [0.15, 0.2) is 29.2 Å². The molecule has 2 fully saturated rings. The molecule has 0 unspecified atom stereocenters. The van der Waals surface area contributed by atoms with E-state index < -0.39 is 31.7 Å². The Kier molecular flexibility index (Phi) is 4.93. The molecular weight excluding hydrogens is 341 g/mol. The van der Waals surface area contributed by atoms with Gasteiger partial charge in [0.1, 0.15) is 0 Å². The Bertz CT molecular complexity index is 679. The standard InChI is InChI=1S/C17H21F3O3S/c18-17(19,20)15-7-3-4-8-16(15)24(21,22)14-10-9-13(11-14)23-12-5-1-2-6-12/h3-4,7-8,12-14H,1-2,5-6,9-11H2/t13-,14-/m1/s1. The molecular formula is C17H21F3O3S. The van der Waals surface area contributed by atoms with Gasteiger partial charge >= 0.3 is 6.18 Å². The maximum atomic E-state index is 13.1. The summed E-state index contributed by atoms with van der Waals surface area (Å²) in [5.74, 6) is 0. The smallest absolute Gasteiger partial charge is 0.375 e. The molecule has 2 saturated carbocycles. The van der Waals surface area contributed by atoms with Gasteiger partial charge in [0.05, 0.1) is 27.9 Å². The summed E-state index contributed by atoms with van der Waals surface area (Å²) in [5.41, 5.74) is -1.08. The molecule has 0 N–H and O–H groups in total. The fourth-order valence-corrected chi connectivity index (χ4v) is 5.76. The maximum Gasteiger partial charge on any atom is 0.417 e. The van der Waals surface area contributed by atoms with Crippen molar-refractivity contribution < 1.29 is 26.3 Å². The highest BCUT2D eigenvalue weighted by atomic mass is 32.2. The van der Waals surface area contributed by atoms with Crippen LogP contribution in [0, 0.1) is 0 Å². The van der Waals surface area contributed by atoms with Crippen molar-refractivity contribution in [3.05, 3.63) is 29.8 Å². The van der Waals surface area contributed by atoms with E-state index in [1.807, 2.05) is 0 Å². The van der Waals surface area contributed by atoms with E-state index >= 15 is 0 Å². The third-order valence-corrected chi connectivity index (χ3v) is 7.24. The molecule has 134 valence electrons. The largest absolute Gasteiger partial charge is 0.417 e. The van der Waals surface area contributed by atoms with Gasteiger partial charge in [0, 0.05) is 0 Å². The lowest BCUT2D eigenvalue weighted by Gasteiger charge is -2.19. The van der Waals surface area contributed by atoms with Crippen LogP contribution in [0.2, 0.25) is 0 Å². The number of hydrogen-bond donors (Lipinski definition) is 0. The van der Waals surface area contributed by atoms with Gasteiger partial charge in [-0.25, -0.2) is 8.42 Å². The predicted octanol–water partition coefficient (Wildman–Crippen LogP) is 4.36. The summed E-state index contributed by atoms with van der Waals surface area (Å²) in [4.78, 5) is -0.607. The number of alkyl halides is 3. The summed E-state index contributed by atoms with van der Waals surface area (Å²) in [7, 11) is -4.02. The second-order valence-electron chi connectivity index (χ2n) is 6.64. The van der Waals surface area contributed by atoms with Gasteiger partial charge in [-0.1, -0.05) is 25.0 Å². The van der Waals surface area contributed by atoms with Crippen molar-refractivity contribution in [2.24, 2.45) is 0 Å². The van der Waals surface area contributed by atoms with Crippen LogP contribution in [0.1, 0.15) is 50.5 Å². The predicted molar refractivity (Wildman–Crippen MR) is 83.4 cm³/mol. The molecule has 0 amide bonds. The first kappa shape index (κ1) is 17.7. The fourth-order valence-electron chi connectivity index (χ4n) is 3.73. The molecule has 24 heavy (non-hydrogen) atoms. The van der Waals surface area contributed by atoms with Crippen LogP contribution in [0.5, 0.6) is 0 Å². The molecule has 0 radical (unpaired) electrons. The zero-order valence-corrected chi connectivity index (χ0v) is 14.1. The molecule has 0 bridgehead atoms. The minimum Gasteiger partial charge on any atom is -0.375 e. The zero-order valence-electron chi connectivity index (χ0n) is 13.3. The number of hydrogen-bond acceptors (Lipinski definition) is 3. The van der Waals surface area contributed by atoms with Crippen LogP contribution in [-0.2, 0) is 20.8 Å². The Balaban J connectivity index is 1.77. The van der Waals surface area contributed by atoms with Crippen molar-refractivity contribution in [2.75, 3.05) is 0 Å². The van der Waals surface area contributed by atoms with Crippen molar-refractivity contribution in [3.8, 4) is 0 Å². The van der Waals surface area contributed by atoms with E-state index in [2.05, 4.69) is 0 Å². The normalized spacial score (nSPS) is 26.1. The van der Waals surface area contributed by atoms with Gasteiger partial charge in [0.25, 0.3) is 0 Å². The summed E-state index contributed by atoms with van der Waals surface area (Å²) >= 11 is 0. The van der Waals surface area contributed by atoms with Gasteiger partial charge in [-0.3, -0.25) is 0 Å². The Morgan fingerprint density at radius 2 is 1.62 bits per heavy atom. The minimum absolute atomic E-state index is 0.161. The van der Waals surface area contributed by atoms with Crippen molar-refractivity contribution in [3.63, 3.8) is 0 Å². The van der Waals surface area contributed by atoms with Gasteiger partial charge in [-0.05, 0) is 44.2 Å². The molecule has 0 spiro atoms. The molecule has 3 rings (SSSR count). The number of ether oxygens (including phenoxy) is 1. The number of rotatable bonds is 4. The maximum absolute atomic E-state index is 13.1. The number of benzene rings is 1. The lowest BCUT2D eigenvalue weighted by Crippen LogP contribution is -2.24. The highest BCUT2D eigenvalue weighted by molar-refractivity contribution is 7.92. The molecule has 1 aromatic carbocycles. The molecule has 1 aromatic rings. The van der Waals surface area contributed by atoms with E-state index in [-0.39, 0.29) is 18.6 Å². The molecule has 0 saturated heterocycles. The van der Waals surface area contributed by atoms with Crippen molar-refractivity contribution in [1.82, 2.24) is 0 Å². The highest BCUT2D eigenvalue weighted by Gasteiger charge is 2.42. The van der Waals surface area contributed by atoms with Crippen LogP contribution < -0.4 is 0 Å². The van der Waals surface area contributed by atoms with E-state index in [9.17, 15) is 21.6 Å². The van der Waals surface area contributed by atoms with E-state index in [0.717, 1.165) is 37.8 Å². The lowest BCUT2D eigenvalue weighted by atomic mass is 10.2. The molecule has 7 heteroatoms. The first-order valence-corrected chi connectivity index (χ1v) is 9.88. The first-order chi connectivity index (χ1) is 11.3. The SMILES string of the molecule is O=S(=O)(c1ccccc1C(F)(F)F)[C@@H]1CC[C@@H](OC2CCCC2)C1. The van der Waals surface area contributed by atoms with Crippen LogP contribution in [0.4, 0.5) is 13.2 Å². The van der Waals surface area contributed by atoms with Gasteiger partial charge < -0.3 is 4.74 Å². The Morgan fingerprint density at radius 1 is 0.958 bits per heavy atom. The summed E-state index contributed by atoms with van der Waals surface area (Å²) in [6, 6.07) is 4.43. The zero-order chi connectivity index (χ0) is 17.4. The second kappa shape index (κ2) is 6.67. The van der Waals surface area contributed by atoms with E-state index in [0.29, 0.717) is 12.8 Å². The lowest BCUT2D eigenvalue weighted by molar-refractivity contribution is -0.139. The van der Waals surface area contributed by atoms with Gasteiger partial charge in [-0.15, -0.1) is 0 Å². The van der Waals surface area contributed by atoms with Crippen molar-refractivity contribution in [1.29, 1.82) is 0 Å². The summed E-state index contributed by atoms with van der Waals surface area (Å²) < 4.78 is 70.8. The van der Waals surface area contributed by atoms with Crippen LogP contribution >= 0.6 is 0 Å². The first-order valence-electron chi connectivity index (χ1n) is 8.34. The van der Waals surface area contributed by atoms with E-state index in [1.54, 1.807) is 0 Å². The average molecular weight is 362 g/mol. The second-order valence-corrected chi connectivity index (χ2v) is 8.84. The van der Waals surface area contributed by atoms with Crippen molar-refractivity contribution in [2.45, 2.75) is 73.5 Å². The molecule has 0 aromatic heterocycles.